The third-order valence-corrected chi connectivity index (χ3v) is 5.74. The molecular formula is C23H29N3O2S. The SMILES string of the molecule is CCn1c(SC[C@H](O)COc2ccc(C(C)(C)C)cc2)nnc1-c1ccccc1. The number of benzene rings is 2. The molecule has 0 fully saturated rings. The van der Waals surface area contributed by atoms with Crippen molar-refractivity contribution in [2.24, 2.45) is 0 Å². The number of thioether (sulfide) groups is 1. The minimum Gasteiger partial charge on any atom is -0.491 e. The molecule has 0 unspecified atom stereocenters. The zero-order valence-electron chi connectivity index (χ0n) is 17.5. The van der Waals surface area contributed by atoms with Gasteiger partial charge in [0, 0.05) is 17.9 Å². The minimum absolute atomic E-state index is 0.114. The van der Waals surface area contributed by atoms with E-state index in [1.807, 2.05) is 42.5 Å². The fraction of sp³-hybridized carbons (Fsp3) is 0.391. The quantitative estimate of drug-likeness (QED) is 0.540. The zero-order chi connectivity index (χ0) is 20.9. The number of rotatable bonds is 8. The first-order valence-electron chi connectivity index (χ1n) is 9.91. The summed E-state index contributed by atoms with van der Waals surface area (Å²) in [6, 6.07) is 18.1. The van der Waals surface area contributed by atoms with E-state index >= 15 is 0 Å². The first kappa shape index (κ1) is 21.4. The lowest BCUT2D eigenvalue weighted by Crippen LogP contribution is -2.20. The van der Waals surface area contributed by atoms with Gasteiger partial charge in [-0.25, -0.2) is 0 Å². The van der Waals surface area contributed by atoms with E-state index in [4.69, 9.17) is 4.74 Å². The number of aromatic nitrogens is 3. The molecule has 0 aliphatic heterocycles. The molecule has 3 rings (SSSR count). The van der Waals surface area contributed by atoms with Gasteiger partial charge >= 0.3 is 0 Å². The van der Waals surface area contributed by atoms with Gasteiger partial charge in [0.1, 0.15) is 12.4 Å². The molecule has 0 amide bonds. The summed E-state index contributed by atoms with van der Waals surface area (Å²) in [5.41, 5.74) is 2.41. The molecule has 154 valence electrons. The van der Waals surface area contributed by atoms with Gasteiger partial charge in [-0.15, -0.1) is 10.2 Å². The molecule has 5 nitrogen and oxygen atoms in total. The predicted octanol–water partition coefficient (Wildman–Crippen LogP) is 4.79. The smallest absolute Gasteiger partial charge is 0.191 e. The van der Waals surface area contributed by atoms with E-state index in [-0.39, 0.29) is 12.0 Å². The Morgan fingerprint density at radius 3 is 2.34 bits per heavy atom. The molecule has 0 aliphatic carbocycles. The van der Waals surface area contributed by atoms with E-state index in [9.17, 15) is 5.11 Å². The maximum Gasteiger partial charge on any atom is 0.191 e. The number of ether oxygens (including phenoxy) is 1. The highest BCUT2D eigenvalue weighted by Crippen LogP contribution is 2.26. The van der Waals surface area contributed by atoms with Crippen molar-refractivity contribution in [1.29, 1.82) is 0 Å². The van der Waals surface area contributed by atoms with Crippen LogP contribution in [-0.2, 0) is 12.0 Å². The molecule has 1 aromatic heterocycles. The molecule has 0 saturated carbocycles. The van der Waals surface area contributed by atoms with Crippen molar-refractivity contribution in [3.05, 3.63) is 60.2 Å². The van der Waals surface area contributed by atoms with Crippen LogP contribution in [0.5, 0.6) is 5.75 Å². The third-order valence-electron chi connectivity index (χ3n) is 4.63. The molecule has 1 N–H and O–H groups in total. The normalized spacial score (nSPS) is 12.7. The van der Waals surface area contributed by atoms with Crippen molar-refractivity contribution in [2.75, 3.05) is 12.4 Å². The number of hydrogen-bond acceptors (Lipinski definition) is 5. The fourth-order valence-corrected chi connectivity index (χ4v) is 3.85. The Kier molecular flexibility index (Phi) is 6.98. The van der Waals surface area contributed by atoms with E-state index < -0.39 is 6.10 Å². The molecule has 1 atom stereocenters. The number of aliphatic hydroxyl groups excluding tert-OH is 1. The van der Waals surface area contributed by atoms with Gasteiger partial charge in [-0.1, -0.05) is 75.0 Å². The van der Waals surface area contributed by atoms with Crippen molar-refractivity contribution in [1.82, 2.24) is 14.8 Å². The highest BCUT2D eigenvalue weighted by atomic mass is 32.2. The monoisotopic (exact) mass is 411 g/mol. The standard InChI is InChI=1S/C23H29N3O2S/c1-5-26-21(17-9-7-6-8-10-17)24-25-22(26)29-16-19(27)15-28-20-13-11-18(12-14-20)23(2,3)4/h6-14,19,27H,5,15-16H2,1-4H3/t19-/m1/s1. The van der Waals surface area contributed by atoms with E-state index in [0.717, 1.165) is 28.8 Å². The number of aliphatic hydroxyl groups is 1. The lowest BCUT2D eigenvalue weighted by atomic mass is 9.87. The lowest BCUT2D eigenvalue weighted by Gasteiger charge is -2.19. The van der Waals surface area contributed by atoms with Crippen molar-refractivity contribution in [2.45, 2.75) is 50.9 Å². The summed E-state index contributed by atoms with van der Waals surface area (Å²) < 4.78 is 7.82. The van der Waals surface area contributed by atoms with Crippen LogP contribution in [0.1, 0.15) is 33.3 Å². The van der Waals surface area contributed by atoms with Crippen molar-refractivity contribution in [3.63, 3.8) is 0 Å². The summed E-state index contributed by atoms with van der Waals surface area (Å²) in [5.74, 6) is 2.11. The van der Waals surface area contributed by atoms with Crippen LogP contribution in [0, 0.1) is 0 Å². The van der Waals surface area contributed by atoms with E-state index in [1.165, 1.54) is 17.3 Å². The second kappa shape index (κ2) is 9.46. The minimum atomic E-state index is -0.593. The lowest BCUT2D eigenvalue weighted by molar-refractivity contribution is 0.126. The summed E-state index contributed by atoms with van der Waals surface area (Å²) in [6.07, 6.45) is -0.593. The van der Waals surface area contributed by atoms with Gasteiger partial charge in [0.2, 0.25) is 0 Å². The van der Waals surface area contributed by atoms with Crippen LogP contribution in [0.15, 0.2) is 59.8 Å². The molecule has 2 aromatic carbocycles. The molecule has 6 heteroatoms. The van der Waals surface area contributed by atoms with E-state index in [2.05, 4.69) is 54.6 Å². The van der Waals surface area contributed by atoms with Crippen LogP contribution in [0.2, 0.25) is 0 Å². The van der Waals surface area contributed by atoms with Crippen LogP contribution in [-0.4, -0.2) is 38.3 Å². The first-order valence-corrected chi connectivity index (χ1v) is 10.9. The van der Waals surface area contributed by atoms with E-state index in [0.29, 0.717) is 5.75 Å². The Balaban J connectivity index is 1.54. The molecule has 29 heavy (non-hydrogen) atoms. The van der Waals surface area contributed by atoms with Gasteiger partial charge in [-0.3, -0.25) is 0 Å². The maximum absolute atomic E-state index is 10.3. The van der Waals surface area contributed by atoms with E-state index in [1.54, 1.807) is 0 Å². The van der Waals surface area contributed by atoms with Crippen molar-refractivity contribution in [3.8, 4) is 17.1 Å². The topological polar surface area (TPSA) is 60.2 Å². The molecular weight excluding hydrogens is 382 g/mol. The van der Waals surface area contributed by atoms with Crippen LogP contribution >= 0.6 is 11.8 Å². The second-order valence-corrected chi connectivity index (χ2v) is 8.95. The average molecular weight is 412 g/mol. The third kappa shape index (κ3) is 5.61. The summed E-state index contributed by atoms with van der Waals surface area (Å²) in [4.78, 5) is 0. The number of hydrogen-bond donors (Lipinski definition) is 1. The van der Waals surface area contributed by atoms with Crippen LogP contribution < -0.4 is 4.74 Å². The van der Waals surface area contributed by atoms with Crippen LogP contribution in [0.25, 0.3) is 11.4 Å². The molecule has 0 saturated heterocycles. The van der Waals surface area contributed by atoms with Crippen molar-refractivity contribution >= 4 is 11.8 Å². The molecule has 0 aliphatic rings. The molecule has 0 radical (unpaired) electrons. The van der Waals surface area contributed by atoms with Gasteiger partial charge in [-0.05, 0) is 30.0 Å². The Morgan fingerprint density at radius 1 is 1.03 bits per heavy atom. The second-order valence-electron chi connectivity index (χ2n) is 7.97. The fourth-order valence-electron chi connectivity index (χ4n) is 2.94. The average Bonchev–Trinajstić information content (AvgIpc) is 3.14. The van der Waals surface area contributed by atoms with Gasteiger partial charge in [-0.2, -0.15) is 0 Å². The molecule has 0 spiro atoms. The van der Waals surface area contributed by atoms with Gasteiger partial charge in [0.15, 0.2) is 11.0 Å². The first-order chi connectivity index (χ1) is 13.9. The molecule has 0 bridgehead atoms. The molecule has 3 aromatic rings. The Morgan fingerprint density at radius 2 is 1.72 bits per heavy atom. The highest BCUT2D eigenvalue weighted by molar-refractivity contribution is 7.99. The van der Waals surface area contributed by atoms with Gasteiger partial charge < -0.3 is 14.4 Å². The predicted molar refractivity (Wildman–Crippen MR) is 118 cm³/mol. The Bertz CT molecular complexity index is 902. The van der Waals surface area contributed by atoms with Crippen molar-refractivity contribution < 1.29 is 9.84 Å². The Hall–Kier alpha value is -2.31. The zero-order valence-corrected chi connectivity index (χ0v) is 18.3. The van der Waals surface area contributed by atoms with Crippen LogP contribution in [0.3, 0.4) is 0 Å². The van der Waals surface area contributed by atoms with Gasteiger partial charge in [0.05, 0.1) is 6.10 Å². The van der Waals surface area contributed by atoms with Gasteiger partial charge in [0.25, 0.3) is 0 Å². The maximum atomic E-state index is 10.3. The van der Waals surface area contributed by atoms with Crippen LogP contribution in [0.4, 0.5) is 0 Å². The summed E-state index contributed by atoms with van der Waals surface area (Å²) in [6.45, 7) is 9.63. The molecule has 1 heterocycles. The summed E-state index contributed by atoms with van der Waals surface area (Å²) >= 11 is 1.50. The number of nitrogens with zero attached hydrogens (tertiary/aromatic N) is 3. The summed E-state index contributed by atoms with van der Waals surface area (Å²) in [5, 5.41) is 19.8. The summed E-state index contributed by atoms with van der Waals surface area (Å²) in [7, 11) is 0. The highest BCUT2D eigenvalue weighted by Gasteiger charge is 2.16. The Labute approximate surface area is 177 Å². The largest absolute Gasteiger partial charge is 0.491 e.